The van der Waals surface area contributed by atoms with Crippen LogP contribution in [0.1, 0.15) is 29.3 Å². The first kappa shape index (κ1) is 19.9. The van der Waals surface area contributed by atoms with Crippen LogP contribution < -0.4 is 10.7 Å². The molecule has 1 heterocycles. The van der Waals surface area contributed by atoms with Gasteiger partial charge in [-0.05, 0) is 30.2 Å². The lowest BCUT2D eigenvalue weighted by Crippen LogP contribution is -2.49. The smallest absolute Gasteiger partial charge is 0.344 e. The van der Waals surface area contributed by atoms with Crippen molar-refractivity contribution in [3.05, 3.63) is 65.7 Å². The molecule has 29 heavy (non-hydrogen) atoms. The lowest BCUT2D eigenvalue weighted by molar-refractivity contribution is -0.140. The van der Waals surface area contributed by atoms with Gasteiger partial charge in [-0.2, -0.15) is 5.01 Å². The van der Waals surface area contributed by atoms with Gasteiger partial charge in [0.25, 0.3) is 11.8 Å². The first-order valence-electron chi connectivity index (χ1n) is 8.85. The standard InChI is InChI=1S/C20H19N3O6/c1-2-20(14-8-4-3-5-9-14)18(27)23(19(28)21-20)22-16(25)12-29-17(26)13-7-6-10-15(24)11-13/h3-11,24H,2,12H2,1H3,(H,21,28)(H,22,25)/t20-/m1/s1. The van der Waals surface area contributed by atoms with E-state index in [0.717, 1.165) is 0 Å². The molecule has 0 radical (unpaired) electrons. The van der Waals surface area contributed by atoms with Gasteiger partial charge in [-0.3, -0.25) is 15.0 Å². The Labute approximate surface area is 166 Å². The molecule has 1 aliphatic heterocycles. The van der Waals surface area contributed by atoms with Gasteiger partial charge in [-0.25, -0.2) is 9.59 Å². The van der Waals surface area contributed by atoms with E-state index in [0.29, 0.717) is 10.6 Å². The summed E-state index contributed by atoms with van der Waals surface area (Å²) in [5.41, 5.74) is 1.52. The zero-order valence-electron chi connectivity index (χ0n) is 15.5. The van der Waals surface area contributed by atoms with Gasteiger partial charge in [0.1, 0.15) is 11.3 Å². The van der Waals surface area contributed by atoms with E-state index in [1.807, 2.05) is 0 Å². The van der Waals surface area contributed by atoms with Gasteiger partial charge in [-0.15, -0.1) is 0 Å². The molecule has 0 spiro atoms. The number of ether oxygens (including phenoxy) is 1. The predicted molar refractivity (Wildman–Crippen MR) is 100 cm³/mol. The number of phenolic OH excluding ortho intramolecular Hbond substituents is 1. The van der Waals surface area contributed by atoms with Crippen LogP contribution in [0.25, 0.3) is 0 Å². The zero-order valence-corrected chi connectivity index (χ0v) is 15.5. The van der Waals surface area contributed by atoms with Crippen LogP contribution in [0.5, 0.6) is 5.75 Å². The molecular weight excluding hydrogens is 378 g/mol. The molecule has 150 valence electrons. The van der Waals surface area contributed by atoms with Gasteiger partial charge in [-0.1, -0.05) is 43.3 Å². The van der Waals surface area contributed by atoms with Crippen molar-refractivity contribution in [3.63, 3.8) is 0 Å². The highest BCUT2D eigenvalue weighted by molar-refractivity contribution is 6.08. The van der Waals surface area contributed by atoms with E-state index in [1.54, 1.807) is 37.3 Å². The fourth-order valence-corrected chi connectivity index (χ4v) is 3.04. The summed E-state index contributed by atoms with van der Waals surface area (Å²) in [6.45, 7) is 1.03. The molecule has 3 N–H and O–H groups in total. The average molecular weight is 397 g/mol. The number of nitrogens with one attached hydrogen (secondary N) is 2. The molecule has 9 nitrogen and oxygen atoms in total. The number of imide groups is 1. The Hall–Kier alpha value is -3.88. The molecule has 2 aromatic carbocycles. The summed E-state index contributed by atoms with van der Waals surface area (Å²) in [5.74, 6) is -2.45. The van der Waals surface area contributed by atoms with Crippen LogP contribution in [-0.2, 0) is 19.9 Å². The summed E-state index contributed by atoms with van der Waals surface area (Å²) in [4.78, 5) is 49.2. The maximum Gasteiger partial charge on any atom is 0.344 e. The molecule has 1 atom stereocenters. The molecule has 1 saturated heterocycles. The fraction of sp³-hybridized carbons (Fsp3) is 0.200. The number of carbonyl (C=O) groups is 4. The number of carbonyl (C=O) groups excluding carboxylic acids is 4. The number of hydrogen-bond acceptors (Lipinski definition) is 6. The van der Waals surface area contributed by atoms with E-state index in [2.05, 4.69) is 10.7 Å². The molecule has 1 fully saturated rings. The number of hydrazine groups is 1. The van der Waals surface area contributed by atoms with E-state index >= 15 is 0 Å². The second-order valence-electron chi connectivity index (χ2n) is 6.36. The Bertz CT molecular complexity index is 962. The minimum Gasteiger partial charge on any atom is -0.508 e. The molecule has 0 aromatic heterocycles. The Morgan fingerprint density at radius 3 is 2.52 bits per heavy atom. The van der Waals surface area contributed by atoms with Gasteiger partial charge in [0.15, 0.2) is 6.61 Å². The molecule has 3 rings (SSSR count). The quantitative estimate of drug-likeness (QED) is 0.500. The highest BCUT2D eigenvalue weighted by Gasteiger charge is 2.52. The molecule has 0 bridgehead atoms. The van der Waals surface area contributed by atoms with E-state index < -0.39 is 36.0 Å². The molecule has 9 heteroatoms. The number of aromatic hydroxyl groups is 1. The summed E-state index contributed by atoms with van der Waals surface area (Å²) in [6, 6.07) is 13.3. The van der Waals surface area contributed by atoms with Crippen LogP contribution in [-0.4, -0.2) is 40.5 Å². The molecular formula is C20H19N3O6. The normalized spacial score (nSPS) is 18.3. The monoisotopic (exact) mass is 397 g/mol. The Morgan fingerprint density at radius 1 is 1.14 bits per heavy atom. The lowest BCUT2D eigenvalue weighted by Gasteiger charge is -2.25. The third kappa shape index (κ3) is 3.88. The highest BCUT2D eigenvalue weighted by Crippen LogP contribution is 2.31. The summed E-state index contributed by atoms with van der Waals surface area (Å²) in [5, 5.41) is 12.6. The minimum absolute atomic E-state index is 0.0573. The van der Waals surface area contributed by atoms with Gasteiger partial charge in [0.2, 0.25) is 0 Å². The third-order valence-corrected chi connectivity index (χ3v) is 4.54. The Balaban J connectivity index is 1.65. The molecule has 1 aliphatic rings. The van der Waals surface area contributed by atoms with Crippen molar-refractivity contribution in [2.24, 2.45) is 0 Å². The maximum atomic E-state index is 12.9. The first-order chi connectivity index (χ1) is 13.9. The van der Waals surface area contributed by atoms with Crippen molar-refractivity contribution in [2.45, 2.75) is 18.9 Å². The van der Waals surface area contributed by atoms with E-state index in [4.69, 9.17) is 4.74 Å². The number of hydrogen-bond donors (Lipinski definition) is 3. The van der Waals surface area contributed by atoms with Gasteiger partial charge in [0.05, 0.1) is 5.56 Å². The summed E-state index contributed by atoms with van der Waals surface area (Å²) in [7, 11) is 0. The summed E-state index contributed by atoms with van der Waals surface area (Å²) >= 11 is 0. The van der Waals surface area contributed by atoms with Crippen molar-refractivity contribution in [1.29, 1.82) is 0 Å². The number of rotatable bonds is 6. The van der Waals surface area contributed by atoms with E-state index in [-0.39, 0.29) is 17.7 Å². The molecule has 4 amide bonds. The SMILES string of the molecule is CC[C@]1(c2ccccc2)NC(=O)N(NC(=O)COC(=O)c2cccc(O)c2)C1=O. The number of benzene rings is 2. The van der Waals surface area contributed by atoms with Crippen LogP contribution in [0.15, 0.2) is 54.6 Å². The molecule has 0 unspecified atom stereocenters. The number of phenols is 1. The first-order valence-corrected chi connectivity index (χ1v) is 8.85. The van der Waals surface area contributed by atoms with Crippen molar-refractivity contribution >= 4 is 23.8 Å². The van der Waals surface area contributed by atoms with Crippen molar-refractivity contribution in [1.82, 2.24) is 15.8 Å². The van der Waals surface area contributed by atoms with E-state index in [1.165, 1.54) is 24.3 Å². The lowest BCUT2D eigenvalue weighted by atomic mass is 9.87. The summed E-state index contributed by atoms with van der Waals surface area (Å²) in [6.07, 6.45) is 0.278. The zero-order chi connectivity index (χ0) is 21.0. The summed E-state index contributed by atoms with van der Waals surface area (Å²) < 4.78 is 4.86. The van der Waals surface area contributed by atoms with Crippen LogP contribution >= 0.6 is 0 Å². The van der Waals surface area contributed by atoms with E-state index in [9.17, 15) is 24.3 Å². The Morgan fingerprint density at radius 2 is 1.86 bits per heavy atom. The van der Waals surface area contributed by atoms with Crippen LogP contribution in [0.4, 0.5) is 4.79 Å². The van der Waals surface area contributed by atoms with Crippen molar-refractivity contribution in [2.75, 3.05) is 6.61 Å². The fourth-order valence-electron chi connectivity index (χ4n) is 3.04. The van der Waals surface area contributed by atoms with Crippen molar-refractivity contribution in [3.8, 4) is 5.75 Å². The van der Waals surface area contributed by atoms with Gasteiger partial charge < -0.3 is 15.2 Å². The second kappa shape index (κ2) is 8.01. The highest BCUT2D eigenvalue weighted by atomic mass is 16.5. The number of urea groups is 1. The largest absolute Gasteiger partial charge is 0.508 e. The topological polar surface area (TPSA) is 125 Å². The Kier molecular flexibility index (Phi) is 5.49. The van der Waals surface area contributed by atoms with Gasteiger partial charge >= 0.3 is 12.0 Å². The number of amides is 4. The molecule has 0 aliphatic carbocycles. The molecule has 0 saturated carbocycles. The number of nitrogens with zero attached hydrogens (tertiary/aromatic N) is 1. The van der Waals surface area contributed by atoms with Gasteiger partial charge in [0, 0.05) is 0 Å². The third-order valence-electron chi connectivity index (χ3n) is 4.54. The predicted octanol–water partition coefficient (Wildman–Crippen LogP) is 1.44. The molecule has 2 aromatic rings. The van der Waals surface area contributed by atoms with Crippen LogP contribution in [0.3, 0.4) is 0 Å². The average Bonchev–Trinajstić information content (AvgIpc) is 2.97. The second-order valence-corrected chi connectivity index (χ2v) is 6.36. The van der Waals surface area contributed by atoms with Crippen molar-refractivity contribution < 1.29 is 29.0 Å². The van der Waals surface area contributed by atoms with Crippen LogP contribution in [0.2, 0.25) is 0 Å². The number of esters is 1. The minimum atomic E-state index is -1.29. The van der Waals surface area contributed by atoms with Crippen LogP contribution in [0, 0.1) is 0 Å². The maximum absolute atomic E-state index is 12.9.